The van der Waals surface area contributed by atoms with Crippen LogP contribution < -0.4 is 0 Å². The standard InChI is InChI=1S/C10H14N2/c1-12-7-3-5-10(12)9-4-2-6-11-8-9/h2,4,6,8,10H,3,5,7H2,1H3/t10-/m0/s1/i1D3,2D,4D,6D,7D2,8D,10D. The van der Waals surface area contributed by atoms with Gasteiger partial charge in [-0.25, -0.2) is 0 Å². The number of hydrogen-bond acceptors (Lipinski definition) is 2. The van der Waals surface area contributed by atoms with Crippen LogP contribution in [0.2, 0.25) is 0 Å². The highest BCUT2D eigenvalue weighted by molar-refractivity contribution is 5.14. The average Bonchev–Trinajstić information content (AvgIpc) is 2.56. The highest BCUT2D eigenvalue weighted by Crippen LogP contribution is 2.29. The molecule has 2 heterocycles. The van der Waals surface area contributed by atoms with Crippen LogP contribution >= 0.6 is 0 Å². The van der Waals surface area contributed by atoms with E-state index < -0.39 is 49.5 Å². The molecule has 1 aromatic heterocycles. The molecular formula is C10H14N2. The minimum absolute atomic E-state index is 0.255. The first-order chi connectivity index (χ1) is 9.82. The van der Waals surface area contributed by atoms with Crippen molar-refractivity contribution >= 4 is 0 Å². The largest absolute Gasteiger partial charge is 0.299 e. The Morgan fingerprint density at radius 3 is 3.92 bits per heavy atom. The summed E-state index contributed by atoms with van der Waals surface area (Å²) in [7, 11) is 0. The summed E-state index contributed by atoms with van der Waals surface area (Å²) in [5.41, 5.74) is -0.453. The molecule has 1 aromatic rings. The van der Waals surface area contributed by atoms with Gasteiger partial charge in [-0.05, 0) is 37.9 Å². The van der Waals surface area contributed by atoms with Gasteiger partial charge in [0.15, 0.2) is 0 Å². The van der Waals surface area contributed by atoms with Crippen molar-refractivity contribution in [3.8, 4) is 0 Å². The molecule has 1 atom stereocenters. The minimum atomic E-state index is -2.96. The molecule has 2 rings (SSSR count). The van der Waals surface area contributed by atoms with E-state index in [0.717, 1.165) is 0 Å². The molecule has 0 radical (unpaired) electrons. The second-order valence-corrected chi connectivity index (χ2v) is 2.40. The molecule has 0 aromatic carbocycles. The normalized spacial score (nSPS) is 48.0. The van der Waals surface area contributed by atoms with Crippen molar-refractivity contribution in [3.05, 3.63) is 30.0 Å². The zero-order chi connectivity index (χ0) is 17.1. The first-order valence-electron chi connectivity index (χ1n) is 8.58. The van der Waals surface area contributed by atoms with Gasteiger partial charge in [0.05, 0.1) is 6.85 Å². The molecule has 64 valence electrons. The SMILES string of the molecule is [2H]c1nc([2H])c([C@]2([2H])CCC([2H])([2H])N2C([2H])([2H])[2H])c([2H])c1[2H]. The lowest BCUT2D eigenvalue weighted by Crippen LogP contribution is -2.17. The van der Waals surface area contributed by atoms with E-state index in [1.54, 1.807) is 0 Å². The molecule has 0 N–H and O–H groups in total. The Bertz CT molecular complexity index is 613. The third-order valence-electron chi connectivity index (χ3n) is 1.66. The first kappa shape index (κ1) is 2.32. The molecule has 2 nitrogen and oxygen atoms in total. The van der Waals surface area contributed by atoms with Gasteiger partial charge in [0, 0.05) is 25.2 Å². The van der Waals surface area contributed by atoms with E-state index in [4.69, 9.17) is 13.7 Å². The van der Waals surface area contributed by atoms with E-state index in [2.05, 4.69) is 4.98 Å². The summed E-state index contributed by atoms with van der Waals surface area (Å²) in [5, 5.41) is 0. The maximum absolute atomic E-state index is 8.44. The van der Waals surface area contributed by atoms with E-state index >= 15 is 0 Å². The highest BCUT2D eigenvalue weighted by Gasteiger charge is 2.21. The zero-order valence-electron chi connectivity index (χ0n) is 16.3. The lowest BCUT2D eigenvalue weighted by Gasteiger charge is -2.18. The van der Waals surface area contributed by atoms with Crippen molar-refractivity contribution in [1.82, 2.24) is 9.88 Å². The molecule has 1 fully saturated rings. The number of nitrogens with zero attached hydrogens (tertiary/aromatic N) is 2. The number of hydrogen-bond donors (Lipinski definition) is 0. The average molecular weight is 172 g/mol. The van der Waals surface area contributed by atoms with Gasteiger partial charge in [0.25, 0.3) is 0 Å². The lowest BCUT2D eigenvalue weighted by atomic mass is 10.1. The summed E-state index contributed by atoms with van der Waals surface area (Å²) < 4.78 is 77.2. The first-order valence-corrected chi connectivity index (χ1v) is 3.58. The van der Waals surface area contributed by atoms with Crippen molar-refractivity contribution in [2.75, 3.05) is 13.5 Å². The third kappa shape index (κ3) is 1.34. The van der Waals surface area contributed by atoms with E-state index in [1.807, 2.05) is 0 Å². The number of aromatic nitrogens is 1. The Hall–Kier alpha value is -0.890. The van der Waals surface area contributed by atoms with Crippen LogP contribution in [0, 0.1) is 0 Å². The van der Waals surface area contributed by atoms with Gasteiger partial charge in [-0.1, -0.05) is 6.04 Å². The Labute approximate surface area is 87.3 Å². The summed E-state index contributed by atoms with van der Waals surface area (Å²) in [4.78, 5) is 3.81. The summed E-state index contributed by atoms with van der Waals surface area (Å²) in [6.45, 7) is -5.27. The zero-order valence-corrected chi connectivity index (χ0v) is 6.31. The van der Waals surface area contributed by atoms with Crippen LogP contribution in [0.3, 0.4) is 0 Å². The monoisotopic (exact) mass is 172 g/mol. The Morgan fingerprint density at radius 1 is 2.00 bits per heavy atom. The van der Waals surface area contributed by atoms with Gasteiger partial charge in [0.2, 0.25) is 0 Å². The molecule has 2 heteroatoms. The quantitative estimate of drug-likeness (QED) is 0.642. The topological polar surface area (TPSA) is 16.1 Å². The molecule has 0 bridgehead atoms. The van der Waals surface area contributed by atoms with Gasteiger partial charge in [-0.2, -0.15) is 0 Å². The van der Waals surface area contributed by atoms with Crippen LogP contribution in [0.5, 0.6) is 0 Å². The van der Waals surface area contributed by atoms with Crippen LogP contribution in [-0.2, 0) is 0 Å². The summed E-state index contributed by atoms with van der Waals surface area (Å²) >= 11 is 0. The van der Waals surface area contributed by atoms with Gasteiger partial charge in [0.1, 0.15) is 0 Å². The van der Waals surface area contributed by atoms with Gasteiger partial charge in [-0.15, -0.1) is 0 Å². The van der Waals surface area contributed by atoms with Crippen molar-refractivity contribution in [1.29, 1.82) is 0 Å². The third-order valence-corrected chi connectivity index (χ3v) is 1.66. The van der Waals surface area contributed by atoms with Crippen molar-refractivity contribution < 1.29 is 13.7 Å². The summed E-state index contributed by atoms with van der Waals surface area (Å²) in [5.74, 6) is 0. The van der Waals surface area contributed by atoms with E-state index in [1.165, 1.54) is 0 Å². The molecule has 0 unspecified atom stereocenters. The molecule has 0 amide bonds. The fourth-order valence-corrected chi connectivity index (χ4v) is 1.10. The molecule has 1 saturated heterocycles. The predicted octanol–water partition coefficient (Wildman–Crippen LogP) is 1.85. The maximum Gasteiger partial charge on any atom is 0.0843 e. The van der Waals surface area contributed by atoms with E-state index in [0.29, 0.717) is 4.90 Å². The second-order valence-electron chi connectivity index (χ2n) is 2.40. The molecular weight excluding hydrogens is 148 g/mol. The smallest absolute Gasteiger partial charge is 0.0843 e. The number of likely N-dealkylation sites (tertiary alicyclic amines) is 1. The fourth-order valence-electron chi connectivity index (χ4n) is 1.10. The lowest BCUT2D eigenvalue weighted by molar-refractivity contribution is 0.317. The van der Waals surface area contributed by atoms with Gasteiger partial charge in [-0.3, -0.25) is 9.88 Å². The Kier molecular flexibility index (Phi) is 0.626. The Morgan fingerprint density at radius 2 is 3.00 bits per heavy atom. The van der Waals surface area contributed by atoms with Crippen molar-refractivity contribution in [2.45, 2.75) is 18.9 Å². The van der Waals surface area contributed by atoms with Crippen LogP contribution in [0.4, 0.5) is 0 Å². The minimum Gasteiger partial charge on any atom is -0.299 e. The molecule has 0 saturated carbocycles. The van der Waals surface area contributed by atoms with Crippen LogP contribution in [0.1, 0.15) is 38.1 Å². The summed E-state index contributed by atoms with van der Waals surface area (Å²) in [6, 6.07) is -3.46. The van der Waals surface area contributed by atoms with E-state index in [-0.39, 0.29) is 12.8 Å². The molecule has 0 spiro atoms. The van der Waals surface area contributed by atoms with Crippen LogP contribution in [0.15, 0.2) is 24.4 Å². The van der Waals surface area contributed by atoms with Gasteiger partial charge < -0.3 is 0 Å². The van der Waals surface area contributed by atoms with Crippen LogP contribution in [-0.4, -0.2) is 23.4 Å². The number of pyridine rings is 1. The van der Waals surface area contributed by atoms with Crippen LogP contribution in [0.25, 0.3) is 0 Å². The van der Waals surface area contributed by atoms with Crippen molar-refractivity contribution in [3.63, 3.8) is 0 Å². The predicted molar refractivity (Wildman–Crippen MR) is 48.8 cm³/mol. The second kappa shape index (κ2) is 3.23. The summed E-state index contributed by atoms with van der Waals surface area (Å²) in [6.07, 6.45) is -1.77. The Balaban J connectivity index is 2.73. The number of rotatable bonds is 1. The van der Waals surface area contributed by atoms with Crippen molar-refractivity contribution in [2.24, 2.45) is 0 Å². The highest BCUT2D eigenvalue weighted by atomic mass is 15.1. The van der Waals surface area contributed by atoms with Gasteiger partial charge >= 0.3 is 0 Å². The fraction of sp³-hybridized carbons (Fsp3) is 0.500. The van der Waals surface area contributed by atoms with E-state index in [9.17, 15) is 0 Å². The molecule has 1 aliphatic rings. The molecule has 1 aliphatic heterocycles. The maximum atomic E-state index is 8.44. The molecule has 0 aliphatic carbocycles. The molecule has 12 heavy (non-hydrogen) atoms.